The summed E-state index contributed by atoms with van der Waals surface area (Å²) in [5.74, 6) is 2.65. The normalized spacial score (nSPS) is 27.1. The molecule has 0 radical (unpaired) electrons. The highest BCUT2D eigenvalue weighted by atomic mass is 16.1. The number of aliphatic imine (C=N–C) groups is 2. The highest BCUT2D eigenvalue weighted by molar-refractivity contribution is 6.00. The third-order valence-corrected chi connectivity index (χ3v) is 7.03. The van der Waals surface area contributed by atoms with Crippen molar-refractivity contribution in [3.05, 3.63) is 60.2 Å². The van der Waals surface area contributed by atoms with E-state index in [0.29, 0.717) is 12.0 Å². The molecular weight excluding hydrogens is 410 g/mol. The van der Waals surface area contributed by atoms with Crippen molar-refractivity contribution in [2.75, 3.05) is 20.6 Å². The van der Waals surface area contributed by atoms with Crippen molar-refractivity contribution in [2.24, 2.45) is 21.8 Å². The van der Waals surface area contributed by atoms with E-state index in [1.165, 1.54) is 0 Å². The van der Waals surface area contributed by atoms with Gasteiger partial charge in [-0.1, -0.05) is 61.6 Å². The Kier molecular flexibility index (Phi) is 7.63. The second kappa shape index (κ2) is 10.8. The average Bonchev–Trinajstić information content (AvgIpc) is 2.84. The number of hydrogen-bond donors (Lipinski definition) is 2. The molecule has 1 aromatic carbocycles. The van der Waals surface area contributed by atoms with Crippen LogP contribution in [0.5, 0.6) is 0 Å². The molecular formula is C27H37N5O. The molecule has 1 amide bonds. The van der Waals surface area contributed by atoms with E-state index in [-0.39, 0.29) is 23.8 Å². The summed E-state index contributed by atoms with van der Waals surface area (Å²) in [6.07, 6.45) is 13.7. The first kappa shape index (κ1) is 23.3. The number of hydrogen-bond acceptors (Lipinski definition) is 5. The van der Waals surface area contributed by atoms with Gasteiger partial charge < -0.3 is 15.5 Å². The third-order valence-electron chi connectivity index (χ3n) is 7.03. The van der Waals surface area contributed by atoms with Crippen LogP contribution in [0.25, 0.3) is 0 Å². The summed E-state index contributed by atoms with van der Waals surface area (Å²) in [4.78, 5) is 24.6. The van der Waals surface area contributed by atoms with E-state index in [2.05, 4.69) is 46.8 Å². The lowest BCUT2D eigenvalue weighted by molar-refractivity contribution is -0.122. The van der Waals surface area contributed by atoms with Crippen LogP contribution in [0.15, 0.2) is 64.6 Å². The topological polar surface area (TPSA) is 69.1 Å². The van der Waals surface area contributed by atoms with Crippen molar-refractivity contribution >= 4 is 17.7 Å². The minimum atomic E-state index is -0.0650. The van der Waals surface area contributed by atoms with Crippen molar-refractivity contribution in [2.45, 2.75) is 57.0 Å². The van der Waals surface area contributed by atoms with Gasteiger partial charge in [-0.05, 0) is 43.6 Å². The molecule has 3 aliphatic rings. The van der Waals surface area contributed by atoms with Crippen LogP contribution >= 0.6 is 0 Å². The summed E-state index contributed by atoms with van der Waals surface area (Å²) in [7, 11) is 4.09. The van der Waals surface area contributed by atoms with Crippen molar-refractivity contribution in [1.29, 1.82) is 0 Å². The molecule has 0 bridgehead atoms. The number of carbonyl (C=O) groups excluding carboxylic acids is 1. The molecule has 0 spiro atoms. The molecule has 6 nitrogen and oxygen atoms in total. The van der Waals surface area contributed by atoms with Crippen molar-refractivity contribution in [1.82, 2.24) is 15.5 Å². The minimum absolute atomic E-state index is 0.0650. The number of rotatable bonds is 6. The second-order valence-electron chi connectivity index (χ2n) is 9.58. The van der Waals surface area contributed by atoms with Gasteiger partial charge in [0.2, 0.25) is 11.9 Å². The quantitative estimate of drug-likeness (QED) is 0.695. The molecule has 0 aromatic heterocycles. The Balaban J connectivity index is 1.26. The molecule has 1 fully saturated rings. The summed E-state index contributed by atoms with van der Waals surface area (Å²) in [6.45, 7) is 2.84. The Morgan fingerprint density at radius 1 is 1.09 bits per heavy atom. The number of fused-ring (bicyclic) bond motifs is 1. The molecule has 0 saturated heterocycles. The molecule has 6 heteroatoms. The fourth-order valence-electron chi connectivity index (χ4n) is 5.10. The van der Waals surface area contributed by atoms with E-state index in [1.807, 2.05) is 44.4 Å². The lowest BCUT2D eigenvalue weighted by Crippen LogP contribution is -2.45. The first-order valence-corrected chi connectivity index (χ1v) is 12.3. The van der Waals surface area contributed by atoms with Crippen LogP contribution in [0.2, 0.25) is 0 Å². The Hall–Kier alpha value is -2.89. The predicted molar refractivity (Wildman–Crippen MR) is 135 cm³/mol. The molecule has 2 N–H and O–H groups in total. The lowest BCUT2D eigenvalue weighted by Gasteiger charge is -2.34. The molecule has 1 aliphatic heterocycles. The highest BCUT2D eigenvalue weighted by Crippen LogP contribution is 2.27. The second-order valence-corrected chi connectivity index (χ2v) is 9.58. The molecule has 4 rings (SSSR count). The minimum Gasteiger partial charge on any atom is -0.365 e. The first-order chi connectivity index (χ1) is 16.0. The maximum Gasteiger partial charge on any atom is 0.227 e. The van der Waals surface area contributed by atoms with Crippen molar-refractivity contribution in [3.63, 3.8) is 0 Å². The summed E-state index contributed by atoms with van der Waals surface area (Å²) >= 11 is 0. The Labute approximate surface area is 198 Å². The molecule has 3 atom stereocenters. The monoisotopic (exact) mass is 447 g/mol. The maximum atomic E-state index is 12.8. The van der Waals surface area contributed by atoms with Crippen LogP contribution in [-0.2, 0) is 4.79 Å². The maximum absolute atomic E-state index is 12.8. The van der Waals surface area contributed by atoms with Gasteiger partial charge in [0.1, 0.15) is 5.84 Å². The molecule has 2 aliphatic carbocycles. The smallest absolute Gasteiger partial charge is 0.227 e. The summed E-state index contributed by atoms with van der Waals surface area (Å²) < 4.78 is 0. The van der Waals surface area contributed by atoms with Gasteiger partial charge in [0.15, 0.2) is 0 Å². The van der Waals surface area contributed by atoms with Crippen LogP contribution in [0, 0.1) is 11.8 Å². The van der Waals surface area contributed by atoms with Gasteiger partial charge >= 0.3 is 0 Å². The zero-order valence-electron chi connectivity index (χ0n) is 20.1. The summed E-state index contributed by atoms with van der Waals surface area (Å²) in [5.41, 5.74) is 1.10. The standard InChI is InChI=1S/C27H37N5O/c1-4-22(20-10-6-5-7-11-20)26(33)28-18-19-14-16-21(17-15-19)29-27-30-24-13-9-8-12-23(24)25(31-27)32(2)3/h5-13,19,21-24H,4,14-18H2,1-3H3,(H,28,33)(H,29,30). The fraction of sp³-hybridized carbons (Fsp3) is 0.519. The van der Waals surface area contributed by atoms with Crippen LogP contribution in [0.4, 0.5) is 0 Å². The number of guanidine groups is 1. The number of amides is 1. The van der Waals surface area contributed by atoms with Gasteiger partial charge in [-0.25, -0.2) is 4.99 Å². The van der Waals surface area contributed by atoms with Crippen LogP contribution in [-0.4, -0.2) is 55.3 Å². The highest BCUT2D eigenvalue weighted by Gasteiger charge is 2.31. The molecule has 33 heavy (non-hydrogen) atoms. The fourth-order valence-corrected chi connectivity index (χ4v) is 5.10. The van der Waals surface area contributed by atoms with Gasteiger partial charge in [-0.3, -0.25) is 4.79 Å². The van der Waals surface area contributed by atoms with E-state index < -0.39 is 0 Å². The first-order valence-electron chi connectivity index (χ1n) is 12.3. The van der Waals surface area contributed by atoms with Gasteiger partial charge in [0, 0.05) is 26.7 Å². The Bertz CT molecular complexity index is 925. The Morgan fingerprint density at radius 2 is 1.82 bits per heavy atom. The van der Waals surface area contributed by atoms with Gasteiger partial charge in [0.05, 0.1) is 17.9 Å². The van der Waals surface area contributed by atoms with Gasteiger partial charge in [-0.2, -0.15) is 4.99 Å². The number of nitrogens with zero attached hydrogens (tertiary/aromatic N) is 3. The number of carbonyl (C=O) groups is 1. The van der Waals surface area contributed by atoms with Crippen molar-refractivity contribution in [3.8, 4) is 0 Å². The van der Waals surface area contributed by atoms with Crippen LogP contribution in [0.3, 0.4) is 0 Å². The average molecular weight is 448 g/mol. The molecule has 176 valence electrons. The van der Waals surface area contributed by atoms with E-state index in [0.717, 1.165) is 56.0 Å². The largest absolute Gasteiger partial charge is 0.365 e. The van der Waals surface area contributed by atoms with Gasteiger partial charge in [0.25, 0.3) is 0 Å². The van der Waals surface area contributed by atoms with E-state index in [9.17, 15) is 4.79 Å². The molecule has 1 heterocycles. The van der Waals surface area contributed by atoms with Crippen LogP contribution < -0.4 is 10.6 Å². The van der Waals surface area contributed by atoms with Crippen LogP contribution in [0.1, 0.15) is 50.5 Å². The van der Waals surface area contributed by atoms with Crippen molar-refractivity contribution < 1.29 is 4.79 Å². The molecule has 3 unspecified atom stereocenters. The number of allylic oxidation sites excluding steroid dienone is 2. The molecule has 1 aromatic rings. The van der Waals surface area contributed by atoms with E-state index >= 15 is 0 Å². The number of amidine groups is 1. The van der Waals surface area contributed by atoms with E-state index in [1.54, 1.807) is 0 Å². The SMILES string of the molecule is CCC(C(=O)NCC1CCC(NC2=NC3C=CC=CC3C(N(C)C)=N2)CC1)c1ccccc1. The molecule has 1 saturated carbocycles. The summed E-state index contributed by atoms with van der Waals surface area (Å²) in [6, 6.07) is 10.6. The Morgan fingerprint density at radius 3 is 2.52 bits per heavy atom. The van der Waals surface area contributed by atoms with E-state index in [4.69, 9.17) is 9.98 Å². The number of nitrogens with one attached hydrogen (secondary N) is 2. The van der Waals surface area contributed by atoms with Gasteiger partial charge in [-0.15, -0.1) is 0 Å². The number of benzene rings is 1. The predicted octanol–water partition coefficient (Wildman–Crippen LogP) is 3.89. The zero-order chi connectivity index (χ0) is 23.2. The summed E-state index contributed by atoms with van der Waals surface area (Å²) in [5, 5.41) is 6.82. The lowest BCUT2D eigenvalue weighted by atomic mass is 9.85. The third kappa shape index (κ3) is 5.73. The zero-order valence-corrected chi connectivity index (χ0v) is 20.1.